The predicted molar refractivity (Wildman–Crippen MR) is 55.9 cm³/mol. The van der Waals surface area contributed by atoms with Gasteiger partial charge in [0.2, 0.25) is 0 Å². The number of hydrogen-bond donors (Lipinski definition) is 0. The summed E-state index contributed by atoms with van der Waals surface area (Å²) >= 11 is 0. The van der Waals surface area contributed by atoms with Gasteiger partial charge in [-0.2, -0.15) is 13.2 Å². The van der Waals surface area contributed by atoms with Crippen LogP contribution >= 0.6 is 0 Å². The van der Waals surface area contributed by atoms with Crippen LogP contribution in [0.15, 0.2) is 18.2 Å². The molecule has 0 aliphatic heterocycles. The maximum Gasteiger partial charge on any atom is 0.416 e. The lowest BCUT2D eigenvalue weighted by molar-refractivity contribution is -0.137. The van der Waals surface area contributed by atoms with Gasteiger partial charge in [-0.1, -0.05) is 12.0 Å². The second kappa shape index (κ2) is 3.28. The molecule has 16 heavy (non-hydrogen) atoms. The number of rotatable bonds is 1. The van der Waals surface area contributed by atoms with E-state index in [0.29, 0.717) is 5.56 Å². The van der Waals surface area contributed by atoms with Crippen LogP contribution in [0.1, 0.15) is 29.5 Å². The highest BCUT2D eigenvalue weighted by molar-refractivity contribution is 5.46. The lowest BCUT2D eigenvalue weighted by atomic mass is 9.91. The summed E-state index contributed by atoms with van der Waals surface area (Å²) in [6, 6.07) is 3.80. The Morgan fingerprint density at radius 1 is 1.31 bits per heavy atom. The van der Waals surface area contributed by atoms with Crippen molar-refractivity contribution in [1.29, 1.82) is 0 Å². The Bertz CT molecular complexity index is 459. The van der Waals surface area contributed by atoms with Gasteiger partial charge >= 0.3 is 6.18 Å². The van der Waals surface area contributed by atoms with Gasteiger partial charge < -0.3 is 0 Å². The molecule has 1 aliphatic carbocycles. The molecule has 3 heteroatoms. The van der Waals surface area contributed by atoms with Crippen molar-refractivity contribution in [2.45, 2.75) is 31.4 Å². The van der Waals surface area contributed by atoms with Crippen molar-refractivity contribution in [3.63, 3.8) is 0 Å². The summed E-state index contributed by atoms with van der Waals surface area (Å²) in [5, 5.41) is 0. The molecule has 0 N–H and O–H groups in total. The normalized spacial score (nSPS) is 17.9. The molecule has 0 amide bonds. The Balaban J connectivity index is 2.43. The van der Waals surface area contributed by atoms with Gasteiger partial charge in [0.15, 0.2) is 0 Å². The van der Waals surface area contributed by atoms with Gasteiger partial charge in [0, 0.05) is 0 Å². The molecule has 1 aromatic carbocycles. The second-order valence-corrected chi connectivity index (χ2v) is 4.25. The first kappa shape index (κ1) is 11.1. The standard InChI is InChI=1S/C13H11F3/c1-3-12(6-7-12)11-5-4-10(8-9(11)2)13(14,15)16/h1,4-5,8H,6-7H2,2H3. The third kappa shape index (κ3) is 1.69. The molecule has 0 bridgehead atoms. The molecule has 84 valence electrons. The van der Waals surface area contributed by atoms with Crippen LogP contribution in [0.4, 0.5) is 13.2 Å². The molecule has 0 unspecified atom stereocenters. The van der Waals surface area contributed by atoms with Gasteiger partial charge in [-0.25, -0.2) is 0 Å². The molecule has 1 aromatic rings. The first-order valence-electron chi connectivity index (χ1n) is 5.05. The molecule has 0 radical (unpaired) electrons. The third-order valence-electron chi connectivity index (χ3n) is 3.10. The lowest BCUT2D eigenvalue weighted by Crippen LogP contribution is -2.09. The van der Waals surface area contributed by atoms with E-state index in [9.17, 15) is 13.2 Å². The van der Waals surface area contributed by atoms with Gasteiger partial charge in [-0.15, -0.1) is 6.42 Å². The van der Waals surface area contributed by atoms with Crippen LogP contribution in [-0.2, 0) is 11.6 Å². The monoisotopic (exact) mass is 224 g/mol. The van der Waals surface area contributed by atoms with Crippen molar-refractivity contribution >= 4 is 0 Å². The average molecular weight is 224 g/mol. The molecule has 0 atom stereocenters. The van der Waals surface area contributed by atoms with E-state index in [4.69, 9.17) is 6.42 Å². The van der Waals surface area contributed by atoms with Gasteiger partial charge in [0.05, 0.1) is 11.0 Å². The molecule has 1 saturated carbocycles. The van der Waals surface area contributed by atoms with Crippen molar-refractivity contribution in [3.8, 4) is 12.3 Å². The van der Waals surface area contributed by atoms with Gasteiger partial charge in [0.25, 0.3) is 0 Å². The highest BCUT2D eigenvalue weighted by Crippen LogP contribution is 2.49. The quantitative estimate of drug-likeness (QED) is 0.638. The molecular formula is C13H11F3. The number of aryl methyl sites for hydroxylation is 1. The van der Waals surface area contributed by atoms with Crippen LogP contribution < -0.4 is 0 Å². The molecule has 0 saturated heterocycles. The van der Waals surface area contributed by atoms with Crippen molar-refractivity contribution in [2.24, 2.45) is 0 Å². The van der Waals surface area contributed by atoms with Crippen molar-refractivity contribution in [1.82, 2.24) is 0 Å². The van der Waals surface area contributed by atoms with Crippen LogP contribution in [0.25, 0.3) is 0 Å². The van der Waals surface area contributed by atoms with Gasteiger partial charge in [-0.3, -0.25) is 0 Å². The summed E-state index contributed by atoms with van der Waals surface area (Å²) in [6.07, 6.45) is 2.88. The van der Waals surface area contributed by atoms with E-state index in [-0.39, 0.29) is 5.41 Å². The van der Waals surface area contributed by atoms with Crippen LogP contribution in [-0.4, -0.2) is 0 Å². The summed E-state index contributed by atoms with van der Waals surface area (Å²) < 4.78 is 37.4. The zero-order valence-corrected chi connectivity index (χ0v) is 8.86. The summed E-state index contributed by atoms with van der Waals surface area (Å²) in [6.45, 7) is 1.68. The Labute approximate surface area is 92.5 Å². The molecule has 0 spiro atoms. The van der Waals surface area contributed by atoms with Gasteiger partial charge in [0.1, 0.15) is 0 Å². The number of halogens is 3. The van der Waals surface area contributed by atoms with Crippen LogP contribution in [0.2, 0.25) is 0 Å². The maximum atomic E-state index is 12.5. The zero-order valence-electron chi connectivity index (χ0n) is 8.86. The predicted octanol–water partition coefficient (Wildman–Crippen LogP) is 3.68. The van der Waals surface area contributed by atoms with E-state index < -0.39 is 11.7 Å². The van der Waals surface area contributed by atoms with E-state index in [1.807, 2.05) is 0 Å². The van der Waals surface area contributed by atoms with Crippen LogP contribution in [0, 0.1) is 19.3 Å². The van der Waals surface area contributed by atoms with E-state index in [1.54, 1.807) is 6.92 Å². The SMILES string of the molecule is C#CC1(c2ccc(C(F)(F)F)cc2C)CC1. The van der Waals surface area contributed by atoms with E-state index in [2.05, 4.69) is 5.92 Å². The first-order chi connectivity index (χ1) is 7.39. The highest BCUT2D eigenvalue weighted by Gasteiger charge is 2.44. The lowest BCUT2D eigenvalue weighted by Gasteiger charge is -2.14. The molecule has 0 aromatic heterocycles. The third-order valence-corrected chi connectivity index (χ3v) is 3.10. The first-order valence-corrected chi connectivity index (χ1v) is 5.05. The van der Waals surface area contributed by atoms with E-state index in [0.717, 1.165) is 24.5 Å². The number of alkyl halides is 3. The fourth-order valence-corrected chi connectivity index (χ4v) is 1.99. The summed E-state index contributed by atoms with van der Waals surface area (Å²) in [4.78, 5) is 0. The largest absolute Gasteiger partial charge is 0.416 e. The van der Waals surface area contributed by atoms with Crippen molar-refractivity contribution < 1.29 is 13.2 Å². The molecular weight excluding hydrogens is 213 g/mol. The van der Waals surface area contributed by atoms with Crippen LogP contribution in [0.3, 0.4) is 0 Å². The summed E-state index contributed by atoms with van der Waals surface area (Å²) in [7, 11) is 0. The highest BCUT2D eigenvalue weighted by atomic mass is 19.4. The average Bonchev–Trinajstić information content (AvgIpc) is 2.97. The fourth-order valence-electron chi connectivity index (χ4n) is 1.99. The van der Waals surface area contributed by atoms with E-state index in [1.165, 1.54) is 12.1 Å². The fraction of sp³-hybridized carbons (Fsp3) is 0.385. The van der Waals surface area contributed by atoms with Crippen LogP contribution in [0.5, 0.6) is 0 Å². The smallest absolute Gasteiger partial charge is 0.166 e. The molecule has 1 fully saturated rings. The maximum absolute atomic E-state index is 12.5. The minimum Gasteiger partial charge on any atom is -0.166 e. The molecule has 0 nitrogen and oxygen atoms in total. The number of hydrogen-bond acceptors (Lipinski definition) is 0. The summed E-state index contributed by atoms with van der Waals surface area (Å²) in [5.74, 6) is 2.69. The Hall–Kier alpha value is -1.43. The summed E-state index contributed by atoms with van der Waals surface area (Å²) in [5.41, 5.74) is 0.587. The number of terminal acetylenes is 1. The minimum absolute atomic E-state index is 0.297. The Kier molecular flexibility index (Phi) is 2.27. The number of benzene rings is 1. The second-order valence-electron chi connectivity index (χ2n) is 4.25. The van der Waals surface area contributed by atoms with E-state index >= 15 is 0 Å². The molecule has 2 rings (SSSR count). The Morgan fingerprint density at radius 2 is 1.94 bits per heavy atom. The topological polar surface area (TPSA) is 0 Å². The van der Waals surface area contributed by atoms with Gasteiger partial charge in [-0.05, 0) is 43.0 Å². The molecule has 0 heterocycles. The minimum atomic E-state index is -4.28. The molecule has 1 aliphatic rings. The van der Waals surface area contributed by atoms with Crippen molar-refractivity contribution in [2.75, 3.05) is 0 Å². The Morgan fingerprint density at radius 3 is 2.31 bits per heavy atom. The van der Waals surface area contributed by atoms with Crippen molar-refractivity contribution in [3.05, 3.63) is 34.9 Å². The zero-order chi connectivity index (χ0) is 12.0.